The molecule has 0 radical (unpaired) electrons. The Hall–Kier alpha value is -2.54. The van der Waals surface area contributed by atoms with E-state index in [-0.39, 0.29) is 36.1 Å². The normalized spacial score (nSPS) is 20.6. The molecule has 2 heterocycles. The van der Waals surface area contributed by atoms with Gasteiger partial charge in [-0.3, -0.25) is 14.6 Å². The van der Waals surface area contributed by atoms with Gasteiger partial charge >= 0.3 is 0 Å². The molecule has 132 valence electrons. The van der Waals surface area contributed by atoms with Crippen molar-refractivity contribution in [1.82, 2.24) is 20.1 Å². The SMILES string of the molecule is Cc1cc(=O)n(CC(=O)NC(c2ccccn2)C2CC(O)C2)nc1C. The number of nitrogens with zero attached hydrogens (tertiary/aromatic N) is 3. The molecule has 1 amide bonds. The molecule has 7 nitrogen and oxygen atoms in total. The lowest BCUT2D eigenvalue weighted by Crippen LogP contribution is -2.43. The van der Waals surface area contributed by atoms with Gasteiger partial charge in [-0.25, -0.2) is 4.68 Å². The van der Waals surface area contributed by atoms with Crippen LogP contribution in [0.5, 0.6) is 0 Å². The van der Waals surface area contributed by atoms with Crippen LogP contribution in [0.4, 0.5) is 0 Å². The smallest absolute Gasteiger partial charge is 0.267 e. The molecule has 0 aliphatic heterocycles. The topological polar surface area (TPSA) is 97.1 Å². The first-order valence-corrected chi connectivity index (χ1v) is 8.37. The largest absolute Gasteiger partial charge is 0.393 e. The quantitative estimate of drug-likeness (QED) is 0.841. The summed E-state index contributed by atoms with van der Waals surface area (Å²) in [6.45, 7) is 3.47. The fraction of sp³-hybridized carbons (Fsp3) is 0.444. The highest BCUT2D eigenvalue weighted by atomic mass is 16.3. The summed E-state index contributed by atoms with van der Waals surface area (Å²) in [5, 5.41) is 16.7. The van der Waals surface area contributed by atoms with Crippen LogP contribution in [0, 0.1) is 19.8 Å². The van der Waals surface area contributed by atoms with Crippen LogP contribution in [0.2, 0.25) is 0 Å². The van der Waals surface area contributed by atoms with Crippen LogP contribution in [-0.2, 0) is 11.3 Å². The van der Waals surface area contributed by atoms with E-state index in [0.29, 0.717) is 12.8 Å². The summed E-state index contributed by atoms with van der Waals surface area (Å²) in [7, 11) is 0. The third kappa shape index (κ3) is 3.93. The number of aromatic nitrogens is 3. The summed E-state index contributed by atoms with van der Waals surface area (Å²) < 4.78 is 1.17. The molecule has 0 spiro atoms. The van der Waals surface area contributed by atoms with Gasteiger partial charge in [0.1, 0.15) is 6.54 Å². The zero-order valence-corrected chi connectivity index (χ0v) is 14.3. The van der Waals surface area contributed by atoms with E-state index in [4.69, 9.17) is 0 Å². The molecule has 1 unspecified atom stereocenters. The molecule has 0 saturated heterocycles. The minimum atomic E-state index is -0.322. The van der Waals surface area contributed by atoms with Gasteiger partial charge in [-0.1, -0.05) is 6.07 Å². The molecule has 1 saturated carbocycles. The predicted octanol–water partition coefficient (Wildman–Crippen LogP) is 0.884. The number of pyridine rings is 1. The van der Waals surface area contributed by atoms with Crippen molar-refractivity contribution in [3.8, 4) is 0 Å². The number of carbonyl (C=O) groups is 1. The Morgan fingerprint density at radius 1 is 1.40 bits per heavy atom. The van der Waals surface area contributed by atoms with E-state index in [0.717, 1.165) is 17.0 Å². The summed E-state index contributed by atoms with van der Waals surface area (Å²) in [6, 6.07) is 6.74. The van der Waals surface area contributed by atoms with Crippen LogP contribution in [0.1, 0.15) is 35.8 Å². The van der Waals surface area contributed by atoms with Gasteiger partial charge in [-0.15, -0.1) is 0 Å². The minimum absolute atomic E-state index is 0.137. The lowest BCUT2D eigenvalue weighted by Gasteiger charge is -2.37. The van der Waals surface area contributed by atoms with Crippen molar-refractivity contribution in [3.05, 3.63) is 57.8 Å². The van der Waals surface area contributed by atoms with Gasteiger partial charge in [0.15, 0.2) is 0 Å². The van der Waals surface area contributed by atoms with E-state index in [1.165, 1.54) is 10.7 Å². The zero-order chi connectivity index (χ0) is 18.0. The molecule has 0 aromatic carbocycles. The van der Waals surface area contributed by atoms with Crippen molar-refractivity contribution in [1.29, 1.82) is 0 Å². The van der Waals surface area contributed by atoms with Crippen LogP contribution >= 0.6 is 0 Å². The average molecular weight is 342 g/mol. The first-order valence-electron chi connectivity index (χ1n) is 8.37. The average Bonchev–Trinajstić information content (AvgIpc) is 2.56. The van der Waals surface area contributed by atoms with Crippen LogP contribution in [0.3, 0.4) is 0 Å². The standard InChI is InChI=1S/C18H22N4O3/c1-11-7-17(25)22(21-12(11)2)10-16(24)20-18(13-8-14(23)9-13)15-5-3-4-6-19-15/h3-7,13-14,18,23H,8-10H2,1-2H3,(H,20,24). The molecule has 1 fully saturated rings. The first-order chi connectivity index (χ1) is 11.9. The Balaban J connectivity index is 1.75. The molecular formula is C18H22N4O3. The zero-order valence-electron chi connectivity index (χ0n) is 14.3. The predicted molar refractivity (Wildman–Crippen MR) is 91.8 cm³/mol. The third-order valence-electron chi connectivity index (χ3n) is 4.67. The Morgan fingerprint density at radius 3 is 2.80 bits per heavy atom. The van der Waals surface area contributed by atoms with Crippen LogP contribution in [-0.4, -0.2) is 31.9 Å². The minimum Gasteiger partial charge on any atom is -0.393 e. The maximum Gasteiger partial charge on any atom is 0.267 e. The van der Waals surface area contributed by atoms with Crippen molar-refractivity contribution in [2.45, 2.75) is 45.4 Å². The summed E-state index contributed by atoms with van der Waals surface area (Å²) in [5.41, 5.74) is 1.98. The number of hydrogen-bond acceptors (Lipinski definition) is 5. The maximum absolute atomic E-state index is 12.5. The highest BCUT2D eigenvalue weighted by molar-refractivity contribution is 5.76. The number of amides is 1. The van der Waals surface area contributed by atoms with Crippen molar-refractivity contribution < 1.29 is 9.90 Å². The fourth-order valence-corrected chi connectivity index (χ4v) is 3.04. The third-order valence-corrected chi connectivity index (χ3v) is 4.67. The number of carbonyl (C=O) groups excluding carboxylic acids is 1. The second-order valence-electron chi connectivity index (χ2n) is 6.59. The Bertz CT molecular complexity index is 813. The van der Waals surface area contributed by atoms with Gasteiger partial charge in [-0.05, 0) is 50.3 Å². The van der Waals surface area contributed by atoms with E-state index in [2.05, 4.69) is 15.4 Å². The van der Waals surface area contributed by atoms with E-state index in [1.54, 1.807) is 13.1 Å². The Morgan fingerprint density at radius 2 is 2.16 bits per heavy atom. The number of aliphatic hydroxyl groups is 1. The number of aliphatic hydroxyl groups excluding tert-OH is 1. The molecule has 1 aliphatic carbocycles. The molecular weight excluding hydrogens is 320 g/mol. The molecule has 1 atom stereocenters. The van der Waals surface area contributed by atoms with Gasteiger partial charge in [0.25, 0.3) is 5.56 Å². The number of nitrogens with one attached hydrogen (secondary N) is 1. The molecule has 2 aromatic heterocycles. The lowest BCUT2D eigenvalue weighted by molar-refractivity contribution is -0.124. The lowest BCUT2D eigenvalue weighted by atomic mass is 9.76. The van der Waals surface area contributed by atoms with Crippen molar-refractivity contribution in [3.63, 3.8) is 0 Å². The molecule has 1 aliphatic rings. The first kappa shape index (κ1) is 17.3. The van der Waals surface area contributed by atoms with Gasteiger partial charge in [0.2, 0.25) is 5.91 Å². The second kappa shape index (κ2) is 7.14. The molecule has 2 N–H and O–H groups in total. The van der Waals surface area contributed by atoms with Gasteiger partial charge in [0, 0.05) is 12.3 Å². The molecule has 0 bridgehead atoms. The van der Waals surface area contributed by atoms with Crippen LogP contribution in [0.15, 0.2) is 35.3 Å². The number of rotatable bonds is 5. The van der Waals surface area contributed by atoms with E-state index in [1.807, 2.05) is 25.1 Å². The number of hydrogen-bond donors (Lipinski definition) is 2. The van der Waals surface area contributed by atoms with Crippen molar-refractivity contribution in [2.24, 2.45) is 5.92 Å². The summed E-state index contributed by atoms with van der Waals surface area (Å²) in [5.74, 6) is -0.159. The summed E-state index contributed by atoms with van der Waals surface area (Å²) in [6.07, 6.45) is 2.61. The van der Waals surface area contributed by atoms with Gasteiger partial charge < -0.3 is 10.4 Å². The van der Waals surface area contributed by atoms with Gasteiger partial charge in [0.05, 0.1) is 23.5 Å². The van der Waals surface area contributed by atoms with Crippen molar-refractivity contribution >= 4 is 5.91 Å². The van der Waals surface area contributed by atoms with Crippen molar-refractivity contribution in [2.75, 3.05) is 0 Å². The number of aryl methyl sites for hydroxylation is 2. The molecule has 3 rings (SSSR count). The van der Waals surface area contributed by atoms with E-state index < -0.39 is 0 Å². The van der Waals surface area contributed by atoms with E-state index >= 15 is 0 Å². The monoisotopic (exact) mass is 342 g/mol. The fourth-order valence-electron chi connectivity index (χ4n) is 3.04. The second-order valence-corrected chi connectivity index (χ2v) is 6.59. The highest BCUT2D eigenvalue weighted by Crippen LogP contribution is 2.37. The van der Waals surface area contributed by atoms with Crippen LogP contribution in [0.25, 0.3) is 0 Å². The maximum atomic E-state index is 12.5. The molecule has 25 heavy (non-hydrogen) atoms. The molecule has 7 heteroatoms. The van der Waals surface area contributed by atoms with E-state index in [9.17, 15) is 14.7 Å². The Labute approximate surface area is 145 Å². The Kier molecular flexibility index (Phi) is 4.94. The summed E-state index contributed by atoms with van der Waals surface area (Å²) >= 11 is 0. The highest BCUT2D eigenvalue weighted by Gasteiger charge is 2.36. The van der Waals surface area contributed by atoms with Gasteiger partial charge in [-0.2, -0.15) is 5.10 Å². The van der Waals surface area contributed by atoms with Crippen LogP contribution < -0.4 is 10.9 Å². The molecule has 2 aromatic rings. The summed E-state index contributed by atoms with van der Waals surface area (Å²) in [4.78, 5) is 28.8.